The van der Waals surface area contributed by atoms with Crippen molar-refractivity contribution in [3.05, 3.63) is 17.5 Å². The molecule has 0 radical (unpaired) electrons. The van der Waals surface area contributed by atoms with E-state index in [9.17, 15) is 13.2 Å². The average molecular weight is 355 g/mol. The van der Waals surface area contributed by atoms with E-state index in [2.05, 4.69) is 4.99 Å². The molecule has 6 nitrogen and oxygen atoms in total. The van der Waals surface area contributed by atoms with Gasteiger partial charge in [0.15, 0.2) is 0 Å². The van der Waals surface area contributed by atoms with Crippen LogP contribution in [0.3, 0.4) is 0 Å². The Kier molecular flexibility index (Phi) is 4.33. The summed E-state index contributed by atoms with van der Waals surface area (Å²) in [6, 6.07) is 3.39. The highest BCUT2D eigenvalue weighted by molar-refractivity contribution is 7.91. The van der Waals surface area contributed by atoms with Gasteiger partial charge in [-0.25, -0.2) is 13.4 Å². The van der Waals surface area contributed by atoms with Crippen LogP contribution in [0.15, 0.2) is 26.7 Å². The maximum absolute atomic E-state index is 12.7. The number of amidine groups is 1. The van der Waals surface area contributed by atoms with Crippen LogP contribution in [-0.4, -0.2) is 37.6 Å². The first-order valence-electron chi connectivity index (χ1n) is 7.71. The first kappa shape index (κ1) is 16.6. The number of thiophene rings is 1. The minimum absolute atomic E-state index is 0.115. The van der Waals surface area contributed by atoms with E-state index in [-0.39, 0.29) is 17.2 Å². The van der Waals surface area contributed by atoms with Crippen LogP contribution in [0.25, 0.3) is 0 Å². The van der Waals surface area contributed by atoms with E-state index in [1.807, 2.05) is 6.92 Å². The molecular formula is C15H21N3O3S2. The predicted molar refractivity (Wildman–Crippen MR) is 89.8 cm³/mol. The van der Waals surface area contributed by atoms with Gasteiger partial charge in [-0.05, 0) is 35.6 Å². The van der Waals surface area contributed by atoms with Gasteiger partial charge in [-0.3, -0.25) is 4.79 Å². The number of hydrogen-bond donors (Lipinski definition) is 1. The van der Waals surface area contributed by atoms with Gasteiger partial charge in [0, 0.05) is 25.9 Å². The Hall–Kier alpha value is -1.25. The molecule has 0 saturated carbocycles. The van der Waals surface area contributed by atoms with Crippen molar-refractivity contribution < 1.29 is 13.2 Å². The fourth-order valence-corrected chi connectivity index (χ4v) is 6.29. The van der Waals surface area contributed by atoms with Gasteiger partial charge in [0.1, 0.15) is 10.0 Å². The van der Waals surface area contributed by atoms with Gasteiger partial charge in [-0.1, -0.05) is 13.0 Å². The normalized spacial score (nSPS) is 30.2. The molecule has 3 rings (SSSR count). The Morgan fingerprint density at radius 3 is 2.87 bits per heavy atom. The summed E-state index contributed by atoms with van der Waals surface area (Å²) >= 11 is 1.24. The number of amides is 1. The zero-order valence-electron chi connectivity index (χ0n) is 13.1. The summed E-state index contributed by atoms with van der Waals surface area (Å²) in [6.07, 6.45) is 2.60. The van der Waals surface area contributed by atoms with Crippen LogP contribution < -0.4 is 5.73 Å². The molecule has 1 aromatic rings. The summed E-state index contributed by atoms with van der Waals surface area (Å²) in [5.74, 6) is 0.278. The Balaban J connectivity index is 1.82. The minimum atomic E-state index is -3.44. The van der Waals surface area contributed by atoms with Gasteiger partial charge in [-0.15, -0.1) is 11.3 Å². The molecule has 1 fully saturated rings. The largest absolute Gasteiger partial charge is 0.387 e. The van der Waals surface area contributed by atoms with Gasteiger partial charge in [0.2, 0.25) is 5.91 Å². The Morgan fingerprint density at radius 2 is 2.22 bits per heavy atom. The van der Waals surface area contributed by atoms with Crippen LogP contribution in [0.4, 0.5) is 0 Å². The molecule has 0 aromatic carbocycles. The molecular weight excluding hydrogens is 334 g/mol. The molecule has 2 aliphatic heterocycles. The number of sulfonamides is 1. The van der Waals surface area contributed by atoms with E-state index >= 15 is 0 Å². The van der Waals surface area contributed by atoms with E-state index in [1.165, 1.54) is 11.3 Å². The van der Waals surface area contributed by atoms with Crippen LogP contribution >= 0.6 is 11.3 Å². The van der Waals surface area contributed by atoms with Crippen molar-refractivity contribution >= 4 is 33.1 Å². The highest BCUT2D eigenvalue weighted by atomic mass is 32.2. The second-order valence-corrected chi connectivity index (χ2v) is 9.75. The van der Waals surface area contributed by atoms with E-state index in [4.69, 9.17) is 5.73 Å². The summed E-state index contributed by atoms with van der Waals surface area (Å²) in [7, 11) is -3.44. The van der Waals surface area contributed by atoms with E-state index in [0.717, 1.165) is 12.8 Å². The maximum Gasteiger partial charge on any atom is 0.252 e. The molecule has 0 spiro atoms. The number of carbonyl (C=O) groups excluding carboxylic acids is 1. The number of hydrogen-bond acceptors (Lipinski definition) is 5. The molecule has 2 N–H and O–H groups in total. The number of carbonyl (C=O) groups is 1. The monoisotopic (exact) mass is 355 g/mol. The first-order valence-corrected chi connectivity index (χ1v) is 10.0. The van der Waals surface area contributed by atoms with Crippen LogP contribution in [0.2, 0.25) is 0 Å². The zero-order valence-corrected chi connectivity index (χ0v) is 14.7. The third-order valence-corrected chi connectivity index (χ3v) is 8.11. The smallest absolute Gasteiger partial charge is 0.252 e. The van der Waals surface area contributed by atoms with E-state index in [1.54, 1.807) is 21.8 Å². The lowest BCUT2D eigenvalue weighted by Gasteiger charge is -2.43. The molecule has 0 aliphatic carbocycles. The molecule has 2 atom stereocenters. The molecule has 0 bridgehead atoms. The molecule has 2 aliphatic rings. The molecule has 23 heavy (non-hydrogen) atoms. The standard InChI is InChI=1S/C15H21N3O3S2/c1-15(8-12(16)17-13(19)9-15)11-4-2-6-18(10-11)23(20,21)14-5-3-7-22-14/h3,5,7,11H,2,4,6,8-10H2,1H3,(H2,16,17,19)/t11?,15-/m0/s1. The van der Waals surface area contributed by atoms with Crippen LogP contribution in [0.1, 0.15) is 32.6 Å². The van der Waals surface area contributed by atoms with Crippen molar-refractivity contribution in [1.82, 2.24) is 4.31 Å². The third-order valence-electron chi connectivity index (χ3n) is 4.87. The molecule has 3 heterocycles. The highest BCUT2D eigenvalue weighted by Crippen LogP contribution is 2.43. The average Bonchev–Trinajstić information content (AvgIpc) is 3.01. The molecule has 8 heteroatoms. The molecule has 1 amide bonds. The topological polar surface area (TPSA) is 92.8 Å². The first-order chi connectivity index (χ1) is 10.8. The predicted octanol–water partition coefficient (Wildman–Crippen LogP) is 1.83. The van der Waals surface area contributed by atoms with Crippen molar-refractivity contribution in [2.24, 2.45) is 22.1 Å². The highest BCUT2D eigenvalue weighted by Gasteiger charge is 2.43. The molecule has 1 saturated heterocycles. The van der Waals surface area contributed by atoms with Gasteiger partial charge in [-0.2, -0.15) is 4.31 Å². The summed E-state index contributed by atoms with van der Waals surface area (Å²) in [6.45, 7) is 3.00. The van der Waals surface area contributed by atoms with Gasteiger partial charge in [0.05, 0.1) is 0 Å². The van der Waals surface area contributed by atoms with E-state index < -0.39 is 10.0 Å². The lowest BCUT2D eigenvalue weighted by molar-refractivity contribution is -0.121. The van der Waals surface area contributed by atoms with Crippen LogP contribution in [0, 0.1) is 11.3 Å². The lowest BCUT2D eigenvalue weighted by atomic mass is 9.68. The van der Waals surface area contributed by atoms with Gasteiger partial charge >= 0.3 is 0 Å². The molecule has 1 unspecified atom stereocenters. The Morgan fingerprint density at radius 1 is 1.43 bits per heavy atom. The maximum atomic E-state index is 12.7. The Bertz CT molecular complexity index is 727. The Labute approximate surface area is 140 Å². The van der Waals surface area contributed by atoms with Crippen molar-refractivity contribution in [3.63, 3.8) is 0 Å². The fourth-order valence-electron chi connectivity index (χ4n) is 3.62. The summed E-state index contributed by atoms with van der Waals surface area (Å²) < 4.78 is 27.4. The zero-order chi connectivity index (χ0) is 16.7. The number of aliphatic imine (C=N–C) groups is 1. The fraction of sp³-hybridized carbons (Fsp3) is 0.600. The quantitative estimate of drug-likeness (QED) is 0.895. The van der Waals surface area contributed by atoms with Gasteiger partial charge in [0.25, 0.3) is 10.0 Å². The van der Waals surface area contributed by atoms with Crippen LogP contribution in [0.5, 0.6) is 0 Å². The van der Waals surface area contributed by atoms with E-state index in [0.29, 0.717) is 36.0 Å². The SMILES string of the molecule is C[C@@]1(C2CCCN(S(=O)(=O)c3cccs3)C2)CC(=O)N=C(N)C1. The number of nitrogens with two attached hydrogens (primary N) is 1. The second-order valence-electron chi connectivity index (χ2n) is 6.64. The van der Waals surface area contributed by atoms with Crippen molar-refractivity contribution in [3.8, 4) is 0 Å². The molecule has 126 valence electrons. The number of nitrogens with zero attached hydrogens (tertiary/aromatic N) is 2. The van der Waals surface area contributed by atoms with Gasteiger partial charge < -0.3 is 5.73 Å². The minimum Gasteiger partial charge on any atom is -0.387 e. The van der Waals surface area contributed by atoms with Crippen molar-refractivity contribution in [2.45, 2.75) is 36.8 Å². The lowest BCUT2D eigenvalue weighted by Crippen LogP contribution is -2.48. The number of rotatable bonds is 3. The summed E-state index contributed by atoms with van der Waals surface area (Å²) in [5, 5.41) is 1.77. The van der Waals surface area contributed by atoms with Crippen LogP contribution in [-0.2, 0) is 14.8 Å². The third kappa shape index (κ3) is 3.20. The molecule has 1 aromatic heterocycles. The number of piperidine rings is 1. The van der Waals surface area contributed by atoms with Crippen molar-refractivity contribution in [1.29, 1.82) is 0 Å². The second kappa shape index (κ2) is 5.99. The summed E-state index contributed by atoms with van der Waals surface area (Å²) in [5.41, 5.74) is 5.49. The van der Waals surface area contributed by atoms with Crippen molar-refractivity contribution in [2.75, 3.05) is 13.1 Å². The summed E-state index contributed by atoms with van der Waals surface area (Å²) in [4.78, 5) is 15.6.